The first-order valence-electron chi connectivity index (χ1n) is 6.54. The fourth-order valence-electron chi connectivity index (χ4n) is 2.50. The molecular weight excluding hydrogens is 230 g/mol. The smallest absolute Gasteiger partial charge is 0.236 e. The molecule has 1 saturated heterocycles. The number of likely N-dealkylation sites (tertiary alicyclic amines) is 1. The van der Waals surface area contributed by atoms with Gasteiger partial charge in [-0.15, -0.1) is 0 Å². The summed E-state index contributed by atoms with van der Waals surface area (Å²) in [6, 6.07) is 0. The summed E-state index contributed by atoms with van der Waals surface area (Å²) < 4.78 is 0. The average molecular weight is 255 g/mol. The van der Waals surface area contributed by atoms with Crippen molar-refractivity contribution in [1.82, 2.24) is 4.90 Å². The first-order chi connectivity index (χ1) is 8.27. The van der Waals surface area contributed by atoms with E-state index in [1.807, 2.05) is 11.8 Å². The van der Waals surface area contributed by atoms with Crippen LogP contribution >= 0.6 is 0 Å². The maximum absolute atomic E-state index is 12.6. The zero-order valence-electron chi connectivity index (χ0n) is 11.9. The molecule has 5 nitrogen and oxygen atoms in total. The van der Waals surface area contributed by atoms with E-state index in [9.17, 15) is 4.79 Å². The maximum atomic E-state index is 12.6. The number of oxime groups is 1. The molecule has 1 amide bonds. The van der Waals surface area contributed by atoms with E-state index in [0.717, 1.165) is 25.9 Å². The Morgan fingerprint density at radius 1 is 1.56 bits per heavy atom. The summed E-state index contributed by atoms with van der Waals surface area (Å²) in [5.74, 6) is -0.0357. The van der Waals surface area contributed by atoms with Crippen LogP contribution in [0, 0.1) is 10.8 Å². The molecule has 0 saturated carbocycles. The molecule has 0 aromatic heterocycles. The van der Waals surface area contributed by atoms with Crippen LogP contribution in [-0.2, 0) is 4.79 Å². The number of piperidine rings is 1. The number of amides is 1. The molecule has 1 aliphatic heterocycles. The van der Waals surface area contributed by atoms with Gasteiger partial charge >= 0.3 is 0 Å². The van der Waals surface area contributed by atoms with Crippen molar-refractivity contribution in [2.75, 3.05) is 13.1 Å². The Morgan fingerprint density at radius 3 is 2.61 bits per heavy atom. The highest BCUT2D eigenvalue weighted by atomic mass is 16.4. The molecular formula is C13H25N3O2. The SMILES string of the molecule is CCC(C)(C(=O)N1CCCC(C)(C)C1)C(N)=NO. The van der Waals surface area contributed by atoms with Crippen LogP contribution in [0.4, 0.5) is 0 Å². The van der Waals surface area contributed by atoms with Crippen molar-refractivity contribution in [2.45, 2.75) is 47.0 Å². The van der Waals surface area contributed by atoms with Crippen LogP contribution in [0.5, 0.6) is 0 Å². The minimum absolute atomic E-state index is 0.00150. The van der Waals surface area contributed by atoms with E-state index in [1.165, 1.54) is 0 Å². The molecule has 1 aliphatic rings. The van der Waals surface area contributed by atoms with Crippen molar-refractivity contribution < 1.29 is 10.0 Å². The number of rotatable bonds is 3. The molecule has 5 heteroatoms. The van der Waals surface area contributed by atoms with Gasteiger partial charge in [0, 0.05) is 13.1 Å². The summed E-state index contributed by atoms with van der Waals surface area (Å²) in [7, 11) is 0. The van der Waals surface area contributed by atoms with Crippen molar-refractivity contribution in [3.8, 4) is 0 Å². The van der Waals surface area contributed by atoms with Gasteiger partial charge in [0.2, 0.25) is 5.91 Å². The summed E-state index contributed by atoms with van der Waals surface area (Å²) >= 11 is 0. The molecule has 1 heterocycles. The Bertz CT molecular complexity index is 352. The summed E-state index contributed by atoms with van der Waals surface area (Å²) in [4.78, 5) is 14.4. The minimum atomic E-state index is -0.901. The third-order valence-corrected chi connectivity index (χ3v) is 4.04. The summed E-state index contributed by atoms with van der Waals surface area (Å²) in [6.45, 7) is 9.45. The van der Waals surface area contributed by atoms with Gasteiger partial charge in [0.15, 0.2) is 5.84 Å². The minimum Gasteiger partial charge on any atom is -0.409 e. The first-order valence-corrected chi connectivity index (χ1v) is 6.54. The van der Waals surface area contributed by atoms with Crippen LogP contribution in [0.2, 0.25) is 0 Å². The van der Waals surface area contributed by atoms with Crippen molar-refractivity contribution in [1.29, 1.82) is 0 Å². The topological polar surface area (TPSA) is 78.9 Å². The molecule has 1 unspecified atom stereocenters. The molecule has 1 fully saturated rings. The fraction of sp³-hybridized carbons (Fsp3) is 0.846. The lowest BCUT2D eigenvalue weighted by Gasteiger charge is -2.41. The fourth-order valence-corrected chi connectivity index (χ4v) is 2.50. The molecule has 1 atom stereocenters. The summed E-state index contributed by atoms with van der Waals surface area (Å²) in [5.41, 5.74) is 4.94. The van der Waals surface area contributed by atoms with E-state index in [1.54, 1.807) is 6.92 Å². The maximum Gasteiger partial charge on any atom is 0.236 e. The van der Waals surface area contributed by atoms with E-state index < -0.39 is 5.41 Å². The van der Waals surface area contributed by atoms with E-state index in [2.05, 4.69) is 19.0 Å². The van der Waals surface area contributed by atoms with Gasteiger partial charge in [-0.1, -0.05) is 25.9 Å². The van der Waals surface area contributed by atoms with Crippen LogP contribution < -0.4 is 5.73 Å². The second-order valence-corrected chi connectivity index (χ2v) is 6.17. The van der Waals surface area contributed by atoms with Gasteiger partial charge in [-0.25, -0.2) is 0 Å². The molecule has 0 spiro atoms. The summed E-state index contributed by atoms with van der Waals surface area (Å²) in [5, 5.41) is 11.9. The van der Waals surface area contributed by atoms with E-state index in [4.69, 9.17) is 10.9 Å². The lowest BCUT2D eigenvalue weighted by Crippen LogP contribution is -2.53. The van der Waals surface area contributed by atoms with Gasteiger partial charge in [-0.05, 0) is 31.6 Å². The zero-order chi connectivity index (χ0) is 14.0. The Kier molecular flexibility index (Phi) is 4.24. The number of nitrogens with zero attached hydrogens (tertiary/aromatic N) is 2. The molecule has 0 aromatic carbocycles. The second-order valence-electron chi connectivity index (χ2n) is 6.17. The van der Waals surface area contributed by atoms with Gasteiger partial charge in [-0.2, -0.15) is 0 Å². The highest BCUT2D eigenvalue weighted by Crippen LogP contribution is 2.32. The predicted octanol–water partition coefficient (Wildman–Crippen LogP) is 1.80. The molecule has 18 heavy (non-hydrogen) atoms. The van der Waals surface area contributed by atoms with Crippen LogP contribution in [0.1, 0.15) is 47.0 Å². The molecule has 0 aliphatic carbocycles. The van der Waals surface area contributed by atoms with Crippen molar-refractivity contribution in [2.24, 2.45) is 21.7 Å². The molecule has 0 radical (unpaired) electrons. The number of carbonyl (C=O) groups excluding carboxylic acids is 1. The van der Waals surface area contributed by atoms with Gasteiger partial charge in [0.1, 0.15) is 5.41 Å². The quantitative estimate of drug-likeness (QED) is 0.349. The van der Waals surface area contributed by atoms with Crippen LogP contribution in [-0.4, -0.2) is 34.9 Å². The third-order valence-electron chi connectivity index (χ3n) is 4.04. The molecule has 1 rings (SSSR count). The number of nitrogens with two attached hydrogens (primary N) is 1. The Labute approximate surface area is 109 Å². The molecule has 104 valence electrons. The van der Waals surface area contributed by atoms with Crippen LogP contribution in [0.15, 0.2) is 5.16 Å². The largest absolute Gasteiger partial charge is 0.409 e. The lowest BCUT2D eigenvalue weighted by atomic mass is 9.80. The van der Waals surface area contributed by atoms with Crippen molar-refractivity contribution >= 4 is 11.7 Å². The number of hydrogen-bond donors (Lipinski definition) is 2. The Morgan fingerprint density at radius 2 is 2.17 bits per heavy atom. The molecule has 0 bridgehead atoms. The van der Waals surface area contributed by atoms with Crippen molar-refractivity contribution in [3.05, 3.63) is 0 Å². The predicted molar refractivity (Wildman–Crippen MR) is 71.4 cm³/mol. The van der Waals surface area contributed by atoms with E-state index >= 15 is 0 Å². The van der Waals surface area contributed by atoms with Gasteiger partial charge in [0.05, 0.1) is 0 Å². The number of hydrogen-bond acceptors (Lipinski definition) is 3. The Balaban J connectivity index is 2.91. The van der Waals surface area contributed by atoms with Crippen LogP contribution in [0.25, 0.3) is 0 Å². The third kappa shape index (κ3) is 2.76. The zero-order valence-corrected chi connectivity index (χ0v) is 11.9. The summed E-state index contributed by atoms with van der Waals surface area (Å²) in [6.07, 6.45) is 2.66. The van der Waals surface area contributed by atoms with Gasteiger partial charge in [0.25, 0.3) is 0 Å². The normalized spacial score (nSPS) is 23.6. The highest BCUT2D eigenvalue weighted by Gasteiger charge is 2.41. The van der Waals surface area contributed by atoms with Gasteiger partial charge in [-0.3, -0.25) is 4.79 Å². The van der Waals surface area contributed by atoms with Crippen LogP contribution in [0.3, 0.4) is 0 Å². The Hall–Kier alpha value is -1.26. The average Bonchev–Trinajstić information content (AvgIpc) is 2.34. The molecule has 0 aromatic rings. The van der Waals surface area contributed by atoms with E-state index in [-0.39, 0.29) is 17.2 Å². The monoisotopic (exact) mass is 255 g/mol. The first kappa shape index (κ1) is 14.8. The van der Waals surface area contributed by atoms with E-state index in [0.29, 0.717) is 6.42 Å². The lowest BCUT2D eigenvalue weighted by molar-refractivity contribution is -0.141. The highest BCUT2D eigenvalue weighted by molar-refractivity contribution is 6.06. The van der Waals surface area contributed by atoms with Crippen molar-refractivity contribution in [3.63, 3.8) is 0 Å². The number of amidine groups is 1. The number of carbonyl (C=O) groups is 1. The second kappa shape index (κ2) is 5.16. The van der Waals surface area contributed by atoms with Gasteiger partial charge < -0.3 is 15.8 Å². The molecule has 3 N–H and O–H groups in total. The standard InChI is InChI=1S/C13H25N3O2/c1-5-13(4,10(14)15-18)11(17)16-8-6-7-12(2,3)9-16/h18H,5-9H2,1-4H3,(H2,14,15).